The van der Waals surface area contributed by atoms with E-state index in [2.05, 4.69) is 52.1 Å². The van der Waals surface area contributed by atoms with Gasteiger partial charge in [0.2, 0.25) is 0 Å². The minimum atomic E-state index is -1.81. The molecule has 0 aromatic rings. The molecule has 0 saturated heterocycles. The quantitative estimate of drug-likeness (QED) is 0.427. The van der Waals surface area contributed by atoms with Gasteiger partial charge < -0.3 is 8.98 Å². The van der Waals surface area contributed by atoms with Gasteiger partial charge in [0, 0.05) is 11.4 Å². The second-order valence-electron chi connectivity index (χ2n) is 8.59. The zero-order valence-electron chi connectivity index (χ0n) is 15.4. The summed E-state index contributed by atoms with van der Waals surface area (Å²) < 4.78 is 21.7. The summed E-state index contributed by atoms with van der Waals surface area (Å²) in [4.78, 5) is 0. The highest BCUT2D eigenvalue weighted by Gasteiger charge is 2.41. The Morgan fingerprint density at radius 3 is 1.95 bits per heavy atom. The summed E-state index contributed by atoms with van der Waals surface area (Å²) in [6, 6.07) is 0. The van der Waals surface area contributed by atoms with Gasteiger partial charge >= 0.3 is 0 Å². The molecule has 0 aliphatic carbocycles. The van der Waals surface area contributed by atoms with Gasteiger partial charge in [-0.2, -0.15) is 0 Å². The third-order valence-corrected chi connectivity index (χ3v) is 10.3. The molecule has 0 aliphatic rings. The molecule has 0 aromatic heterocycles. The molecule has 1 N–H and O–H groups in total. The first-order valence-corrected chi connectivity index (χ1v) is 11.6. The first-order valence-electron chi connectivity index (χ1n) is 7.59. The first kappa shape index (κ1) is 21.2. The minimum absolute atomic E-state index is 0.172. The summed E-state index contributed by atoms with van der Waals surface area (Å²) in [5, 5.41) is 0.172. The molecule has 126 valence electrons. The molecule has 3 nitrogen and oxygen atoms in total. The van der Waals surface area contributed by atoms with E-state index in [0.717, 1.165) is 6.42 Å². The fraction of sp³-hybridized carbons (Fsp3) is 0.875. The highest BCUT2D eigenvalue weighted by atomic mass is 32.2. The maximum Gasteiger partial charge on any atom is 0.192 e. The zero-order chi connectivity index (χ0) is 17.1. The number of nitrogens with one attached hydrogen (secondary N) is 1. The van der Waals surface area contributed by atoms with Gasteiger partial charge in [-0.25, -0.2) is 0 Å². The first-order chi connectivity index (χ1) is 9.15. The molecule has 0 spiro atoms. The molecular formula is C16H35NO2SSi. The van der Waals surface area contributed by atoms with Crippen molar-refractivity contribution in [1.29, 1.82) is 0 Å². The van der Waals surface area contributed by atoms with Crippen molar-refractivity contribution in [2.24, 2.45) is 0 Å². The van der Waals surface area contributed by atoms with Crippen molar-refractivity contribution in [2.75, 3.05) is 6.61 Å². The van der Waals surface area contributed by atoms with Crippen LogP contribution >= 0.6 is 0 Å². The second-order valence-corrected chi connectivity index (χ2v) is 15.4. The van der Waals surface area contributed by atoms with Crippen LogP contribution in [0.25, 0.3) is 0 Å². The fourth-order valence-electron chi connectivity index (χ4n) is 1.38. The Morgan fingerprint density at radius 1 is 1.14 bits per heavy atom. The lowest BCUT2D eigenvalue weighted by Crippen LogP contribution is -2.56. The topological polar surface area (TPSA) is 44.3 Å². The zero-order valence-corrected chi connectivity index (χ0v) is 17.2. The Kier molecular flexibility index (Phi) is 7.24. The van der Waals surface area contributed by atoms with Crippen LogP contribution in [0.1, 0.15) is 54.9 Å². The highest BCUT2D eigenvalue weighted by Crippen LogP contribution is 2.37. The van der Waals surface area contributed by atoms with Gasteiger partial charge in [0.1, 0.15) is 4.75 Å². The Morgan fingerprint density at radius 2 is 1.62 bits per heavy atom. The van der Waals surface area contributed by atoms with Gasteiger partial charge in [0.15, 0.2) is 8.32 Å². The van der Waals surface area contributed by atoms with Crippen molar-refractivity contribution >= 4 is 19.7 Å². The average Bonchev–Trinajstić information content (AvgIpc) is 2.24. The monoisotopic (exact) mass is 333 g/mol. The van der Waals surface area contributed by atoms with E-state index in [4.69, 9.17) is 4.43 Å². The van der Waals surface area contributed by atoms with E-state index < -0.39 is 19.7 Å². The Labute approximate surface area is 136 Å². The molecule has 0 bridgehead atoms. The average molecular weight is 334 g/mol. The maximum absolute atomic E-state index is 12.4. The molecule has 2 unspecified atom stereocenters. The van der Waals surface area contributed by atoms with Crippen molar-refractivity contribution in [3.05, 3.63) is 12.7 Å². The molecule has 0 radical (unpaired) electrons. The molecule has 0 amide bonds. The lowest BCUT2D eigenvalue weighted by molar-refractivity contribution is 0.199. The van der Waals surface area contributed by atoms with Crippen LogP contribution in [0.3, 0.4) is 0 Å². The van der Waals surface area contributed by atoms with Gasteiger partial charge in [-0.3, -0.25) is 0 Å². The summed E-state index contributed by atoms with van der Waals surface area (Å²) in [7, 11) is -1.81. The number of hydrogen-bond donors (Lipinski definition) is 1. The second kappa shape index (κ2) is 7.17. The van der Waals surface area contributed by atoms with Crippen molar-refractivity contribution in [3.8, 4) is 0 Å². The molecule has 0 aliphatic heterocycles. The van der Waals surface area contributed by atoms with Crippen LogP contribution in [0, 0.1) is 0 Å². The predicted octanol–water partition coefficient (Wildman–Crippen LogP) is 4.39. The summed E-state index contributed by atoms with van der Waals surface area (Å²) in [5.74, 6) is 0. The van der Waals surface area contributed by atoms with E-state index in [9.17, 15) is 4.55 Å². The van der Waals surface area contributed by atoms with Gasteiger partial charge in [-0.05, 0) is 52.2 Å². The van der Waals surface area contributed by atoms with Gasteiger partial charge in [0.05, 0.1) is 12.1 Å². The molecule has 21 heavy (non-hydrogen) atoms. The Bertz CT molecular complexity index is 347. The lowest BCUT2D eigenvalue weighted by Gasteiger charge is -2.40. The molecule has 0 fully saturated rings. The Hall–Kier alpha value is 0.187. The highest BCUT2D eigenvalue weighted by molar-refractivity contribution is 7.90. The van der Waals surface area contributed by atoms with Gasteiger partial charge in [-0.15, -0.1) is 11.3 Å². The van der Waals surface area contributed by atoms with Crippen molar-refractivity contribution in [2.45, 2.75) is 83.3 Å². The predicted molar refractivity (Wildman–Crippen MR) is 97.4 cm³/mol. The minimum Gasteiger partial charge on any atom is -0.598 e. The fourth-order valence-corrected chi connectivity index (χ4v) is 3.39. The molecule has 0 heterocycles. The third-order valence-electron chi connectivity index (χ3n) is 4.05. The van der Waals surface area contributed by atoms with Crippen LogP contribution in [0.15, 0.2) is 12.7 Å². The van der Waals surface area contributed by atoms with Crippen molar-refractivity contribution in [3.63, 3.8) is 0 Å². The van der Waals surface area contributed by atoms with Crippen LogP contribution < -0.4 is 4.72 Å². The molecule has 5 heteroatoms. The van der Waals surface area contributed by atoms with Crippen LogP contribution in [0.5, 0.6) is 0 Å². The van der Waals surface area contributed by atoms with Gasteiger partial charge in [-0.1, -0.05) is 26.8 Å². The SMILES string of the molecule is C=CCC(C)(CO[Si](C)(C)C(C)(C)C)N[S+]([O-])C(C)(C)C. The number of rotatable bonds is 7. The van der Waals surface area contributed by atoms with E-state index in [1.54, 1.807) is 0 Å². The van der Waals surface area contributed by atoms with E-state index >= 15 is 0 Å². The molecule has 0 saturated carbocycles. The van der Waals surface area contributed by atoms with Crippen LogP contribution in [-0.2, 0) is 15.8 Å². The van der Waals surface area contributed by atoms with Crippen molar-refractivity contribution < 1.29 is 8.98 Å². The van der Waals surface area contributed by atoms with E-state index in [1.165, 1.54) is 0 Å². The van der Waals surface area contributed by atoms with E-state index in [0.29, 0.717) is 6.61 Å². The Balaban J connectivity index is 4.94. The molecule has 0 rings (SSSR count). The third kappa shape index (κ3) is 6.87. The summed E-state index contributed by atoms with van der Waals surface area (Å²) >= 11 is -1.12. The van der Waals surface area contributed by atoms with Crippen molar-refractivity contribution in [1.82, 2.24) is 4.72 Å². The lowest BCUT2D eigenvalue weighted by atomic mass is 10.0. The van der Waals surface area contributed by atoms with E-state index in [-0.39, 0.29) is 15.3 Å². The largest absolute Gasteiger partial charge is 0.598 e. The molecular weight excluding hydrogens is 298 g/mol. The molecule has 2 atom stereocenters. The van der Waals surface area contributed by atoms with E-state index in [1.807, 2.05) is 26.8 Å². The summed E-state index contributed by atoms with van der Waals surface area (Å²) in [6.45, 7) is 23.5. The standard InChI is InChI=1S/C16H35NO2SSi/c1-11-12-16(8,17-20(18)14(2,3)4)13-19-21(9,10)15(5,6)7/h11,17H,1,12-13H2,2-10H3. The summed E-state index contributed by atoms with van der Waals surface area (Å²) in [5.41, 5.74) is -0.352. The smallest absolute Gasteiger partial charge is 0.192 e. The van der Waals surface area contributed by atoms with Crippen LogP contribution in [0.2, 0.25) is 18.1 Å². The maximum atomic E-state index is 12.4. The normalized spacial score (nSPS) is 18.2. The number of hydrogen-bond acceptors (Lipinski definition) is 3. The van der Waals surface area contributed by atoms with Crippen LogP contribution in [0.4, 0.5) is 0 Å². The summed E-state index contributed by atoms with van der Waals surface area (Å²) in [6.07, 6.45) is 2.59. The van der Waals surface area contributed by atoms with Gasteiger partial charge in [0.25, 0.3) is 0 Å². The molecule has 0 aromatic carbocycles. The van der Waals surface area contributed by atoms with Crippen LogP contribution in [-0.4, -0.2) is 29.8 Å².